The van der Waals surface area contributed by atoms with Crippen molar-refractivity contribution >= 4 is 46.5 Å². The lowest BCUT2D eigenvalue weighted by atomic mass is 10.2. The summed E-state index contributed by atoms with van der Waals surface area (Å²) in [6.45, 7) is 1.32. The molecule has 3 aromatic rings. The van der Waals surface area contributed by atoms with E-state index in [2.05, 4.69) is 20.3 Å². The van der Waals surface area contributed by atoms with Crippen LogP contribution in [-0.4, -0.2) is 27.7 Å². The average Bonchev–Trinajstić information content (AvgIpc) is 3.14. The molecule has 29 heavy (non-hydrogen) atoms. The summed E-state index contributed by atoms with van der Waals surface area (Å²) in [5.74, 6) is -0.652. The molecule has 143 valence electrons. The van der Waals surface area contributed by atoms with Crippen molar-refractivity contribution in [2.45, 2.75) is 6.92 Å². The van der Waals surface area contributed by atoms with E-state index in [4.69, 9.17) is 10.5 Å². The highest BCUT2D eigenvalue weighted by Crippen LogP contribution is 2.37. The Labute approximate surface area is 165 Å². The number of benzene rings is 2. The molecule has 1 aliphatic heterocycles. The number of aromatic nitrogens is 2. The molecule has 4 rings (SSSR count). The van der Waals surface area contributed by atoms with Gasteiger partial charge in [-0.1, -0.05) is 36.4 Å². The normalized spacial score (nSPS) is 11.8. The molecule has 1 aliphatic rings. The number of amides is 1. The molecule has 2 N–H and O–H groups in total. The molecule has 0 fully saturated rings. The highest BCUT2D eigenvalue weighted by molar-refractivity contribution is 6.40. The maximum Gasteiger partial charge on any atom is 0.425 e. The van der Waals surface area contributed by atoms with Crippen LogP contribution >= 0.6 is 0 Å². The van der Waals surface area contributed by atoms with Gasteiger partial charge in [-0.05, 0) is 24.3 Å². The Morgan fingerprint density at radius 3 is 2.07 bits per heavy atom. The van der Waals surface area contributed by atoms with Crippen LogP contribution in [0.1, 0.15) is 6.92 Å². The first-order valence-corrected chi connectivity index (χ1v) is 8.64. The molecule has 0 saturated carbocycles. The van der Waals surface area contributed by atoms with Gasteiger partial charge in [0.2, 0.25) is 5.95 Å². The van der Waals surface area contributed by atoms with E-state index in [0.29, 0.717) is 11.4 Å². The van der Waals surface area contributed by atoms with Gasteiger partial charge in [0.05, 0.1) is 11.4 Å². The number of Topliss-reactive ketones (excluding diaryl/α,β-unsaturated/α-hetero) is 1. The Morgan fingerprint density at radius 2 is 1.52 bits per heavy atom. The fourth-order valence-electron chi connectivity index (χ4n) is 2.72. The zero-order valence-corrected chi connectivity index (χ0v) is 15.3. The van der Waals surface area contributed by atoms with Crippen LogP contribution in [0.15, 0.2) is 65.7 Å². The molecule has 2 heterocycles. The van der Waals surface area contributed by atoms with Crippen LogP contribution in [0.2, 0.25) is 0 Å². The van der Waals surface area contributed by atoms with Gasteiger partial charge >= 0.3 is 6.09 Å². The van der Waals surface area contributed by atoms with E-state index in [1.165, 1.54) is 11.8 Å². The van der Waals surface area contributed by atoms with Crippen molar-refractivity contribution in [1.82, 2.24) is 15.3 Å². The second kappa shape index (κ2) is 7.39. The van der Waals surface area contributed by atoms with Gasteiger partial charge in [0.15, 0.2) is 23.1 Å². The van der Waals surface area contributed by atoms with Gasteiger partial charge in [0.25, 0.3) is 5.88 Å². The summed E-state index contributed by atoms with van der Waals surface area (Å²) in [4.78, 5) is 38.0. The lowest BCUT2D eigenvalue weighted by Crippen LogP contribution is -2.29. The van der Waals surface area contributed by atoms with Gasteiger partial charge in [-0.3, -0.25) is 4.79 Å². The summed E-state index contributed by atoms with van der Waals surface area (Å²) in [7, 11) is 0. The minimum Gasteiger partial charge on any atom is -0.388 e. The number of hydrogen-bond donors (Lipinski definition) is 1. The van der Waals surface area contributed by atoms with Gasteiger partial charge in [0.1, 0.15) is 0 Å². The number of carbonyl (C=O) groups is 2. The fraction of sp³-hybridized carbons (Fsp3) is 0.0500. The molecular formula is C20H15N6O3. The van der Waals surface area contributed by atoms with Crippen LogP contribution in [-0.2, 0) is 4.79 Å². The quantitative estimate of drug-likeness (QED) is 0.732. The number of para-hydroxylation sites is 2. The molecular weight excluding hydrogens is 372 g/mol. The Balaban J connectivity index is 1.70. The third-order valence-electron chi connectivity index (χ3n) is 3.99. The third kappa shape index (κ3) is 3.61. The summed E-state index contributed by atoms with van der Waals surface area (Å²) in [5, 5.41) is 4.07. The number of rotatable bonds is 4. The van der Waals surface area contributed by atoms with Crippen molar-refractivity contribution in [3.63, 3.8) is 0 Å². The number of amidine groups is 1. The SMILES string of the molecule is CC(=O)C1=Nc2nc(N)nc(OC(=O)N(c3ccccc3)c3ccccc3)c2[N]1. The topological polar surface area (TPSA) is 125 Å². The average molecular weight is 387 g/mol. The van der Waals surface area contributed by atoms with Gasteiger partial charge < -0.3 is 10.5 Å². The molecule has 1 radical (unpaired) electrons. The van der Waals surface area contributed by atoms with E-state index in [0.717, 1.165) is 0 Å². The lowest BCUT2D eigenvalue weighted by Gasteiger charge is -2.22. The first-order chi connectivity index (χ1) is 14.0. The van der Waals surface area contributed by atoms with Crippen molar-refractivity contribution in [3.8, 4) is 5.88 Å². The molecule has 2 aromatic carbocycles. The number of nitrogen functional groups attached to an aromatic ring is 1. The number of nitrogens with two attached hydrogens (primary N) is 1. The van der Waals surface area contributed by atoms with E-state index < -0.39 is 6.09 Å². The highest BCUT2D eigenvalue weighted by Gasteiger charge is 2.29. The second-order valence-corrected chi connectivity index (χ2v) is 6.04. The molecule has 1 aromatic heterocycles. The zero-order chi connectivity index (χ0) is 20.4. The highest BCUT2D eigenvalue weighted by atomic mass is 16.6. The first kappa shape index (κ1) is 18.1. The van der Waals surface area contributed by atoms with Gasteiger partial charge in [-0.25, -0.2) is 20.0 Å². The molecule has 0 spiro atoms. The minimum atomic E-state index is -0.728. The summed E-state index contributed by atoms with van der Waals surface area (Å²) in [6, 6.07) is 18.0. The predicted molar refractivity (Wildman–Crippen MR) is 107 cm³/mol. The van der Waals surface area contributed by atoms with Gasteiger partial charge in [-0.2, -0.15) is 9.97 Å². The smallest absolute Gasteiger partial charge is 0.388 e. The second-order valence-electron chi connectivity index (χ2n) is 6.04. The lowest BCUT2D eigenvalue weighted by molar-refractivity contribution is -0.111. The predicted octanol–water partition coefficient (Wildman–Crippen LogP) is 3.26. The first-order valence-electron chi connectivity index (χ1n) is 8.64. The number of fused-ring (bicyclic) bond motifs is 1. The summed E-state index contributed by atoms with van der Waals surface area (Å²) in [5.41, 5.74) is 6.98. The minimum absolute atomic E-state index is 0.0554. The summed E-state index contributed by atoms with van der Waals surface area (Å²) < 4.78 is 5.51. The summed E-state index contributed by atoms with van der Waals surface area (Å²) in [6.07, 6.45) is -0.728. The fourth-order valence-corrected chi connectivity index (χ4v) is 2.72. The molecule has 9 heteroatoms. The van der Waals surface area contributed by atoms with E-state index in [-0.39, 0.29) is 35.0 Å². The molecule has 0 aliphatic carbocycles. The van der Waals surface area contributed by atoms with Crippen molar-refractivity contribution in [1.29, 1.82) is 0 Å². The number of carbonyl (C=O) groups excluding carboxylic acids is 2. The third-order valence-corrected chi connectivity index (χ3v) is 3.99. The van der Waals surface area contributed by atoms with Crippen molar-refractivity contribution in [2.24, 2.45) is 4.99 Å². The van der Waals surface area contributed by atoms with Crippen molar-refractivity contribution in [2.75, 3.05) is 10.6 Å². The Hall–Kier alpha value is -4.27. The van der Waals surface area contributed by atoms with E-state index in [9.17, 15) is 9.59 Å². The monoisotopic (exact) mass is 387 g/mol. The number of ether oxygens (including phenoxy) is 1. The number of anilines is 3. The van der Waals surface area contributed by atoms with Gasteiger partial charge in [-0.15, -0.1) is 0 Å². The van der Waals surface area contributed by atoms with E-state index in [1.807, 2.05) is 12.1 Å². The molecule has 0 bridgehead atoms. The standard InChI is InChI=1S/C20H15N6O3/c1-12(27)16-22-15-17(23-16)24-19(21)25-18(15)29-20(28)26(13-8-4-2-5-9-13)14-10-6-3-7-11-14/h2-11H,1H3,(H2,21,24,25). The molecule has 1 amide bonds. The van der Waals surface area contributed by atoms with Crippen LogP contribution in [0.25, 0.3) is 0 Å². The summed E-state index contributed by atoms with van der Waals surface area (Å²) >= 11 is 0. The van der Waals surface area contributed by atoms with Crippen LogP contribution < -0.4 is 20.7 Å². The van der Waals surface area contributed by atoms with Crippen LogP contribution in [0.4, 0.5) is 33.6 Å². The van der Waals surface area contributed by atoms with Crippen LogP contribution in [0, 0.1) is 0 Å². The zero-order valence-electron chi connectivity index (χ0n) is 15.3. The van der Waals surface area contributed by atoms with Crippen molar-refractivity contribution in [3.05, 3.63) is 60.7 Å². The number of nitrogens with zero attached hydrogens (tertiary/aromatic N) is 5. The Kier molecular flexibility index (Phi) is 4.62. The van der Waals surface area contributed by atoms with Gasteiger partial charge in [0, 0.05) is 6.92 Å². The maximum atomic E-state index is 13.1. The number of aliphatic imine (C=N–C) groups is 1. The maximum absolute atomic E-state index is 13.1. The Bertz CT molecular complexity index is 1080. The van der Waals surface area contributed by atoms with Crippen LogP contribution in [0.5, 0.6) is 5.88 Å². The van der Waals surface area contributed by atoms with E-state index in [1.54, 1.807) is 48.5 Å². The van der Waals surface area contributed by atoms with Crippen molar-refractivity contribution < 1.29 is 14.3 Å². The molecule has 0 saturated heterocycles. The van der Waals surface area contributed by atoms with Crippen LogP contribution in [0.3, 0.4) is 0 Å². The molecule has 0 unspecified atom stereocenters. The number of ketones is 1. The Morgan fingerprint density at radius 1 is 0.931 bits per heavy atom. The molecule has 9 nitrogen and oxygen atoms in total. The van der Waals surface area contributed by atoms with E-state index >= 15 is 0 Å². The molecule has 0 atom stereocenters. The number of hydrogen-bond acceptors (Lipinski definition) is 7. The largest absolute Gasteiger partial charge is 0.425 e.